The van der Waals surface area contributed by atoms with Crippen molar-refractivity contribution >= 4 is 27.1 Å². The number of nitrogens with two attached hydrogens (primary N) is 1. The number of para-hydroxylation sites is 2. The molecule has 4 heteroatoms. The molecule has 0 amide bonds. The molecule has 96 valence electrons. The van der Waals surface area contributed by atoms with E-state index in [1.807, 2.05) is 29.6 Å². The van der Waals surface area contributed by atoms with Crippen LogP contribution in [0.3, 0.4) is 0 Å². The van der Waals surface area contributed by atoms with E-state index >= 15 is 0 Å². The molecule has 0 aliphatic carbocycles. The topological polar surface area (TPSA) is 55.5 Å². The number of aromatic hydroxyl groups is 1. The Morgan fingerprint density at radius 2 is 1.95 bits per heavy atom. The summed E-state index contributed by atoms with van der Waals surface area (Å²) in [5.41, 5.74) is 7.80. The zero-order chi connectivity index (χ0) is 13.2. The van der Waals surface area contributed by atoms with Gasteiger partial charge < -0.3 is 15.6 Å². The highest BCUT2D eigenvalue weighted by molar-refractivity contribution is 7.18. The average Bonchev–Trinajstić information content (AvgIpc) is 2.83. The monoisotopic (exact) mass is 271 g/mol. The van der Waals surface area contributed by atoms with Crippen LogP contribution in [0.4, 0.5) is 5.69 Å². The minimum atomic E-state index is 0.154. The zero-order valence-electron chi connectivity index (χ0n) is 10.2. The molecule has 0 fully saturated rings. The molecular weight excluding hydrogens is 258 g/mol. The van der Waals surface area contributed by atoms with Crippen LogP contribution >= 0.6 is 11.3 Å². The van der Waals surface area contributed by atoms with Crippen LogP contribution in [0, 0.1) is 0 Å². The number of hydrogen-bond acceptors (Lipinski definition) is 4. The summed E-state index contributed by atoms with van der Waals surface area (Å²) in [6, 6.07) is 12.8. The molecule has 2 aromatic carbocycles. The summed E-state index contributed by atoms with van der Waals surface area (Å²) in [4.78, 5) is 0. The van der Waals surface area contributed by atoms with Crippen LogP contribution in [0.2, 0.25) is 0 Å². The predicted molar refractivity (Wildman–Crippen MR) is 78.7 cm³/mol. The van der Waals surface area contributed by atoms with Gasteiger partial charge in [0.2, 0.25) is 0 Å². The first-order valence-corrected chi connectivity index (χ1v) is 6.79. The van der Waals surface area contributed by atoms with Crippen molar-refractivity contribution in [2.75, 3.05) is 5.73 Å². The number of rotatable bonds is 3. The Kier molecular flexibility index (Phi) is 3.01. The second-order valence-corrected chi connectivity index (χ2v) is 5.12. The molecular formula is C15H13NO2S. The van der Waals surface area contributed by atoms with Gasteiger partial charge in [0, 0.05) is 16.6 Å². The third-order valence-electron chi connectivity index (χ3n) is 2.96. The number of ether oxygens (including phenoxy) is 1. The van der Waals surface area contributed by atoms with Crippen LogP contribution in [0.1, 0.15) is 5.56 Å². The van der Waals surface area contributed by atoms with Gasteiger partial charge >= 0.3 is 0 Å². The molecule has 0 spiro atoms. The Bertz CT molecular complexity index is 721. The van der Waals surface area contributed by atoms with Crippen molar-refractivity contribution in [1.82, 2.24) is 0 Å². The molecule has 0 aliphatic rings. The second-order valence-electron chi connectivity index (χ2n) is 4.24. The van der Waals surface area contributed by atoms with E-state index in [1.54, 1.807) is 29.5 Å². The molecule has 3 N–H and O–H groups in total. The summed E-state index contributed by atoms with van der Waals surface area (Å²) in [6.07, 6.45) is 0. The minimum absolute atomic E-state index is 0.154. The van der Waals surface area contributed by atoms with Crippen molar-refractivity contribution in [1.29, 1.82) is 0 Å². The lowest BCUT2D eigenvalue weighted by atomic mass is 10.2. The molecule has 0 unspecified atom stereocenters. The number of fused-ring (bicyclic) bond motifs is 1. The molecule has 3 nitrogen and oxygen atoms in total. The zero-order valence-corrected chi connectivity index (χ0v) is 11.0. The number of hydrogen-bond donors (Lipinski definition) is 2. The summed E-state index contributed by atoms with van der Waals surface area (Å²) < 4.78 is 6.73. The van der Waals surface area contributed by atoms with E-state index in [-0.39, 0.29) is 5.75 Å². The van der Waals surface area contributed by atoms with Gasteiger partial charge in [-0.15, -0.1) is 11.3 Å². The van der Waals surface area contributed by atoms with Gasteiger partial charge in [0.15, 0.2) is 11.5 Å². The van der Waals surface area contributed by atoms with E-state index in [2.05, 4.69) is 0 Å². The number of nitrogen functional groups attached to an aromatic ring is 1. The number of anilines is 1. The summed E-state index contributed by atoms with van der Waals surface area (Å²) >= 11 is 1.61. The maximum atomic E-state index is 9.65. The lowest BCUT2D eigenvalue weighted by molar-refractivity contribution is 0.290. The Labute approximate surface area is 114 Å². The first-order chi connectivity index (χ1) is 9.25. The molecule has 1 heterocycles. The standard InChI is InChI=1S/C15H13NO2S/c16-12-5-3-4-11-10(9-19-15(11)12)8-18-14-7-2-1-6-13(14)17/h1-7,9,17H,8,16H2. The second kappa shape index (κ2) is 4.82. The van der Waals surface area contributed by atoms with Crippen LogP contribution in [0.5, 0.6) is 11.5 Å². The molecule has 0 aliphatic heterocycles. The molecule has 1 aromatic heterocycles. The normalized spacial score (nSPS) is 10.7. The van der Waals surface area contributed by atoms with E-state index in [4.69, 9.17) is 10.5 Å². The maximum Gasteiger partial charge on any atom is 0.161 e. The fourth-order valence-corrected chi connectivity index (χ4v) is 2.96. The number of phenols is 1. The summed E-state index contributed by atoms with van der Waals surface area (Å²) in [6.45, 7) is 0.418. The highest BCUT2D eigenvalue weighted by Crippen LogP contribution is 2.32. The molecule has 0 saturated carbocycles. The van der Waals surface area contributed by atoms with Crippen LogP contribution in [0.25, 0.3) is 10.1 Å². The van der Waals surface area contributed by atoms with Gasteiger partial charge in [-0.25, -0.2) is 0 Å². The fourth-order valence-electron chi connectivity index (χ4n) is 1.98. The SMILES string of the molecule is Nc1cccc2c(COc3ccccc3O)csc12. The van der Waals surface area contributed by atoms with Crippen molar-refractivity contribution in [2.45, 2.75) is 6.61 Å². The van der Waals surface area contributed by atoms with Crippen molar-refractivity contribution in [3.63, 3.8) is 0 Å². The highest BCUT2D eigenvalue weighted by atomic mass is 32.1. The van der Waals surface area contributed by atoms with Crippen LogP contribution in [-0.4, -0.2) is 5.11 Å². The third-order valence-corrected chi connectivity index (χ3v) is 4.05. The lowest BCUT2D eigenvalue weighted by Crippen LogP contribution is -1.94. The van der Waals surface area contributed by atoms with E-state index in [0.29, 0.717) is 12.4 Å². The van der Waals surface area contributed by atoms with Gasteiger partial charge in [-0.2, -0.15) is 0 Å². The summed E-state index contributed by atoms with van der Waals surface area (Å²) in [5.74, 6) is 0.646. The van der Waals surface area contributed by atoms with Gasteiger partial charge in [0.05, 0.1) is 4.70 Å². The Balaban J connectivity index is 1.87. The fraction of sp³-hybridized carbons (Fsp3) is 0.0667. The van der Waals surface area contributed by atoms with Gasteiger partial charge in [0.25, 0.3) is 0 Å². The van der Waals surface area contributed by atoms with Gasteiger partial charge in [-0.3, -0.25) is 0 Å². The molecule has 0 saturated heterocycles. The Hall–Kier alpha value is -2.20. The first-order valence-electron chi connectivity index (χ1n) is 5.91. The summed E-state index contributed by atoms with van der Waals surface area (Å²) in [5, 5.41) is 12.8. The largest absolute Gasteiger partial charge is 0.504 e. The van der Waals surface area contributed by atoms with E-state index in [1.165, 1.54) is 0 Å². The molecule has 0 radical (unpaired) electrons. The predicted octanol–water partition coefficient (Wildman–Crippen LogP) is 3.77. The molecule has 19 heavy (non-hydrogen) atoms. The molecule has 0 bridgehead atoms. The van der Waals surface area contributed by atoms with Crippen molar-refractivity contribution in [3.8, 4) is 11.5 Å². The highest BCUT2D eigenvalue weighted by Gasteiger charge is 2.08. The average molecular weight is 271 g/mol. The van der Waals surface area contributed by atoms with Crippen LogP contribution in [0.15, 0.2) is 47.8 Å². The van der Waals surface area contributed by atoms with Crippen LogP contribution in [-0.2, 0) is 6.61 Å². The molecule has 0 atom stereocenters. The van der Waals surface area contributed by atoms with Crippen molar-refractivity contribution in [2.24, 2.45) is 0 Å². The van der Waals surface area contributed by atoms with Gasteiger partial charge in [0.1, 0.15) is 6.61 Å². The maximum absolute atomic E-state index is 9.65. The third kappa shape index (κ3) is 2.22. The van der Waals surface area contributed by atoms with Gasteiger partial charge in [-0.05, 0) is 23.6 Å². The smallest absolute Gasteiger partial charge is 0.161 e. The van der Waals surface area contributed by atoms with Crippen LogP contribution < -0.4 is 10.5 Å². The van der Waals surface area contributed by atoms with E-state index in [9.17, 15) is 5.11 Å². The van der Waals surface area contributed by atoms with E-state index in [0.717, 1.165) is 21.3 Å². The molecule has 3 aromatic rings. The molecule has 3 rings (SSSR count). The van der Waals surface area contributed by atoms with Gasteiger partial charge in [-0.1, -0.05) is 24.3 Å². The lowest BCUT2D eigenvalue weighted by Gasteiger charge is -2.07. The quantitative estimate of drug-likeness (QED) is 0.713. The van der Waals surface area contributed by atoms with E-state index < -0.39 is 0 Å². The van der Waals surface area contributed by atoms with Crippen molar-refractivity contribution < 1.29 is 9.84 Å². The Morgan fingerprint density at radius 3 is 2.79 bits per heavy atom. The number of benzene rings is 2. The van der Waals surface area contributed by atoms with Crippen molar-refractivity contribution in [3.05, 3.63) is 53.4 Å². The number of thiophene rings is 1. The summed E-state index contributed by atoms with van der Waals surface area (Å²) in [7, 11) is 0. The Morgan fingerprint density at radius 1 is 1.11 bits per heavy atom. The first kappa shape index (κ1) is 11.9. The minimum Gasteiger partial charge on any atom is -0.504 e. The number of phenolic OH excluding ortho intramolecular Hbond substituents is 1.